The summed E-state index contributed by atoms with van der Waals surface area (Å²) in [6, 6.07) is 3.89. The molecule has 6 heteroatoms. The second kappa shape index (κ2) is 11.6. The fourth-order valence-electron chi connectivity index (χ4n) is 1.59. The highest BCUT2D eigenvalue weighted by molar-refractivity contribution is 14.0. The molecule has 1 aromatic heterocycles. The van der Waals surface area contributed by atoms with E-state index in [1.165, 1.54) is 0 Å². The van der Waals surface area contributed by atoms with Crippen LogP contribution in [0.5, 0.6) is 5.88 Å². The molecule has 0 bridgehead atoms. The topological polar surface area (TPSA) is 58.5 Å². The summed E-state index contributed by atoms with van der Waals surface area (Å²) in [5.41, 5.74) is 1.09. The predicted octanol–water partition coefficient (Wildman–Crippen LogP) is 2.81. The molecule has 0 saturated carbocycles. The van der Waals surface area contributed by atoms with Crippen LogP contribution in [0.3, 0.4) is 0 Å². The summed E-state index contributed by atoms with van der Waals surface area (Å²) in [5.74, 6) is 2.08. The molecule has 0 fully saturated rings. The fourth-order valence-corrected chi connectivity index (χ4v) is 1.59. The number of nitrogens with zero attached hydrogens (tertiary/aromatic N) is 2. The summed E-state index contributed by atoms with van der Waals surface area (Å²) in [6.45, 7) is 11.4. The lowest BCUT2D eigenvalue weighted by Gasteiger charge is -2.13. The van der Waals surface area contributed by atoms with E-state index in [9.17, 15) is 0 Å². The van der Waals surface area contributed by atoms with Crippen LogP contribution in [0.15, 0.2) is 23.3 Å². The van der Waals surface area contributed by atoms with E-state index < -0.39 is 0 Å². The first-order chi connectivity index (χ1) is 9.65. The molecule has 1 rings (SSSR count). The molecule has 0 aliphatic heterocycles. The SMILES string of the molecule is CCNC(=NCc1ccnc(OCC)c1)NCC(C)C.I. The number of nitrogens with one attached hydrogen (secondary N) is 2. The highest BCUT2D eigenvalue weighted by atomic mass is 127. The average Bonchev–Trinajstić information content (AvgIpc) is 2.42. The molecule has 0 radical (unpaired) electrons. The minimum atomic E-state index is 0. The molecule has 2 N–H and O–H groups in total. The molecule has 0 unspecified atom stereocenters. The average molecular weight is 406 g/mol. The van der Waals surface area contributed by atoms with Crippen LogP contribution in [0.25, 0.3) is 0 Å². The Morgan fingerprint density at radius 3 is 2.71 bits per heavy atom. The van der Waals surface area contributed by atoms with Gasteiger partial charge in [-0.25, -0.2) is 9.98 Å². The van der Waals surface area contributed by atoms with Gasteiger partial charge < -0.3 is 15.4 Å². The lowest BCUT2D eigenvalue weighted by molar-refractivity contribution is 0.326. The Labute approximate surface area is 145 Å². The molecule has 1 heterocycles. The van der Waals surface area contributed by atoms with Gasteiger partial charge in [-0.1, -0.05) is 13.8 Å². The number of rotatable bonds is 7. The first kappa shape index (κ1) is 19.9. The Morgan fingerprint density at radius 2 is 2.10 bits per heavy atom. The summed E-state index contributed by atoms with van der Waals surface area (Å²) in [6.07, 6.45) is 1.75. The number of aromatic nitrogens is 1. The molecular formula is C15H27IN4O. The van der Waals surface area contributed by atoms with Crippen LogP contribution in [0.4, 0.5) is 0 Å². The van der Waals surface area contributed by atoms with Crippen molar-refractivity contribution in [3.63, 3.8) is 0 Å². The van der Waals surface area contributed by atoms with Gasteiger partial charge in [0.05, 0.1) is 13.2 Å². The van der Waals surface area contributed by atoms with Crippen molar-refractivity contribution in [2.24, 2.45) is 10.9 Å². The van der Waals surface area contributed by atoms with Gasteiger partial charge in [-0.3, -0.25) is 0 Å². The molecule has 0 aliphatic rings. The van der Waals surface area contributed by atoms with E-state index in [2.05, 4.69) is 41.4 Å². The van der Waals surface area contributed by atoms with Crippen LogP contribution in [0, 0.1) is 5.92 Å². The van der Waals surface area contributed by atoms with Crippen LogP contribution in [-0.4, -0.2) is 30.6 Å². The first-order valence-corrected chi connectivity index (χ1v) is 7.25. The van der Waals surface area contributed by atoms with Crippen molar-refractivity contribution in [3.05, 3.63) is 23.9 Å². The van der Waals surface area contributed by atoms with Crippen molar-refractivity contribution >= 4 is 29.9 Å². The molecule has 0 aliphatic carbocycles. The Morgan fingerprint density at radius 1 is 1.33 bits per heavy atom. The Balaban J connectivity index is 0.00000400. The maximum atomic E-state index is 5.39. The Kier molecular flexibility index (Phi) is 11.0. The number of hydrogen-bond donors (Lipinski definition) is 2. The van der Waals surface area contributed by atoms with Gasteiger partial charge in [0.25, 0.3) is 0 Å². The lowest BCUT2D eigenvalue weighted by atomic mass is 10.2. The number of guanidine groups is 1. The molecule has 0 spiro atoms. The van der Waals surface area contributed by atoms with Crippen LogP contribution in [-0.2, 0) is 6.54 Å². The number of ether oxygens (including phenoxy) is 1. The van der Waals surface area contributed by atoms with Crippen molar-refractivity contribution in [2.45, 2.75) is 34.2 Å². The first-order valence-electron chi connectivity index (χ1n) is 7.25. The van der Waals surface area contributed by atoms with E-state index in [0.717, 1.165) is 24.6 Å². The molecule has 120 valence electrons. The number of halogens is 1. The number of aliphatic imine (C=N–C) groups is 1. The normalized spacial score (nSPS) is 11.0. The van der Waals surface area contributed by atoms with Crippen molar-refractivity contribution in [1.82, 2.24) is 15.6 Å². The van der Waals surface area contributed by atoms with Gasteiger partial charge in [-0.05, 0) is 31.4 Å². The Bertz CT molecular complexity index is 424. The van der Waals surface area contributed by atoms with Gasteiger partial charge in [-0.2, -0.15) is 0 Å². The number of pyridine rings is 1. The fraction of sp³-hybridized carbons (Fsp3) is 0.600. The minimum absolute atomic E-state index is 0. The van der Waals surface area contributed by atoms with Gasteiger partial charge in [-0.15, -0.1) is 24.0 Å². The summed E-state index contributed by atoms with van der Waals surface area (Å²) < 4.78 is 5.39. The van der Waals surface area contributed by atoms with Gasteiger partial charge in [0.2, 0.25) is 5.88 Å². The Hall–Kier alpha value is -1.05. The van der Waals surface area contributed by atoms with E-state index in [0.29, 0.717) is 24.9 Å². The summed E-state index contributed by atoms with van der Waals surface area (Å²) >= 11 is 0. The summed E-state index contributed by atoms with van der Waals surface area (Å²) in [7, 11) is 0. The zero-order valence-corrected chi connectivity index (χ0v) is 15.7. The monoisotopic (exact) mass is 406 g/mol. The van der Waals surface area contributed by atoms with Crippen LogP contribution in [0.2, 0.25) is 0 Å². The van der Waals surface area contributed by atoms with E-state index >= 15 is 0 Å². The molecular weight excluding hydrogens is 379 g/mol. The minimum Gasteiger partial charge on any atom is -0.478 e. The lowest BCUT2D eigenvalue weighted by Crippen LogP contribution is -2.39. The van der Waals surface area contributed by atoms with Gasteiger partial charge in [0.1, 0.15) is 0 Å². The largest absolute Gasteiger partial charge is 0.478 e. The van der Waals surface area contributed by atoms with E-state index in [-0.39, 0.29) is 24.0 Å². The van der Waals surface area contributed by atoms with E-state index in [1.54, 1.807) is 6.20 Å². The van der Waals surface area contributed by atoms with Crippen molar-refractivity contribution in [2.75, 3.05) is 19.7 Å². The highest BCUT2D eigenvalue weighted by Gasteiger charge is 2.01. The highest BCUT2D eigenvalue weighted by Crippen LogP contribution is 2.10. The van der Waals surface area contributed by atoms with Gasteiger partial charge >= 0.3 is 0 Å². The molecule has 21 heavy (non-hydrogen) atoms. The van der Waals surface area contributed by atoms with E-state index in [4.69, 9.17) is 4.74 Å². The third-order valence-electron chi connectivity index (χ3n) is 2.53. The molecule has 0 atom stereocenters. The van der Waals surface area contributed by atoms with E-state index in [1.807, 2.05) is 19.1 Å². The second-order valence-corrected chi connectivity index (χ2v) is 4.91. The maximum Gasteiger partial charge on any atom is 0.213 e. The van der Waals surface area contributed by atoms with Gasteiger partial charge in [0.15, 0.2) is 5.96 Å². The maximum absolute atomic E-state index is 5.39. The number of hydrogen-bond acceptors (Lipinski definition) is 3. The standard InChI is InChI=1S/C15H26N4O.HI/c1-5-16-15(18-10-12(3)4)19-11-13-7-8-17-14(9-13)20-6-2;/h7-9,12H,5-6,10-11H2,1-4H3,(H2,16,18,19);1H. The molecule has 0 saturated heterocycles. The zero-order chi connectivity index (χ0) is 14.8. The van der Waals surface area contributed by atoms with Crippen molar-refractivity contribution in [1.29, 1.82) is 0 Å². The van der Waals surface area contributed by atoms with Crippen molar-refractivity contribution < 1.29 is 4.74 Å². The third-order valence-corrected chi connectivity index (χ3v) is 2.53. The predicted molar refractivity (Wildman–Crippen MR) is 98.5 cm³/mol. The molecule has 5 nitrogen and oxygen atoms in total. The summed E-state index contributed by atoms with van der Waals surface area (Å²) in [4.78, 5) is 8.72. The van der Waals surface area contributed by atoms with Gasteiger partial charge in [0, 0.05) is 25.4 Å². The third kappa shape index (κ3) is 8.75. The van der Waals surface area contributed by atoms with Crippen LogP contribution < -0.4 is 15.4 Å². The second-order valence-electron chi connectivity index (χ2n) is 4.91. The van der Waals surface area contributed by atoms with Crippen LogP contribution >= 0.6 is 24.0 Å². The zero-order valence-electron chi connectivity index (χ0n) is 13.3. The van der Waals surface area contributed by atoms with Crippen LogP contribution in [0.1, 0.15) is 33.3 Å². The smallest absolute Gasteiger partial charge is 0.213 e. The summed E-state index contributed by atoms with van der Waals surface area (Å²) in [5, 5.41) is 6.56. The quantitative estimate of drug-likeness (QED) is 0.416. The molecule has 1 aromatic rings. The molecule has 0 aromatic carbocycles. The van der Waals surface area contributed by atoms with Crippen molar-refractivity contribution in [3.8, 4) is 5.88 Å². The molecule has 0 amide bonds.